The Bertz CT molecular complexity index is 2130. The van der Waals surface area contributed by atoms with Gasteiger partial charge in [-0.25, -0.2) is 14.8 Å². The molecular formula is C44H52N8O5. The standard InChI is InChI=1S/C44H52N8O5/c1-3-19-50-30-40(54)51-38(24-31-15-17-35(53)18-16-31)43(56)49(29-39(51)52(50)44(57)45-25-32-9-5-4-6-10-32)27-34-13-8-14-36-37(28-46(2)41(34)36)42(55)48-22-20-47(21-23-48)26-33-11-7-12-33/h3-6,8-10,13-18,28,33,38-39,53H,1,7,11-12,19-27,29-30H2,2H3,(H,45,57)/t38-,39-/m0/s1. The van der Waals surface area contributed by atoms with Gasteiger partial charge in [-0.05, 0) is 47.6 Å². The van der Waals surface area contributed by atoms with Crippen molar-refractivity contribution in [3.05, 3.63) is 114 Å². The van der Waals surface area contributed by atoms with E-state index in [1.54, 1.807) is 50.2 Å². The molecule has 4 heterocycles. The molecule has 298 valence electrons. The van der Waals surface area contributed by atoms with Gasteiger partial charge in [-0.2, -0.15) is 0 Å². The summed E-state index contributed by atoms with van der Waals surface area (Å²) in [5.41, 5.74) is 4.05. The number of aromatic hydroxyl groups is 1. The first-order chi connectivity index (χ1) is 27.7. The van der Waals surface area contributed by atoms with E-state index in [2.05, 4.69) is 16.8 Å². The molecule has 3 aromatic carbocycles. The molecule has 3 saturated heterocycles. The van der Waals surface area contributed by atoms with Crippen LogP contribution < -0.4 is 5.32 Å². The molecule has 0 unspecified atom stereocenters. The van der Waals surface area contributed by atoms with Gasteiger partial charge in [0.15, 0.2) is 0 Å². The van der Waals surface area contributed by atoms with E-state index in [0.717, 1.165) is 53.1 Å². The Morgan fingerprint density at radius 1 is 0.930 bits per heavy atom. The highest BCUT2D eigenvalue weighted by Gasteiger charge is 2.51. The first-order valence-corrected chi connectivity index (χ1v) is 20.1. The van der Waals surface area contributed by atoms with Crippen LogP contribution in [0.2, 0.25) is 0 Å². The first kappa shape index (κ1) is 38.2. The van der Waals surface area contributed by atoms with Gasteiger partial charge in [0, 0.05) is 77.4 Å². The number of carbonyl (C=O) groups excluding carboxylic acids is 4. The van der Waals surface area contributed by atoms with Crippen LogP contribution in [-0.2, 0) is 36.1 Å². The van der Waals surface area contributed by atoms with Gasteiger partial charge in [-0.1, -0.05) is 73.2 Å². The molecule has 4 fully saturated rings. The van der Waals surface area contributed by atoms with Crippen molar-refractivity contribution in [3.63, 3.8) is 0 Å². The zero-order valence-electron chi connectivity index (χ0n) is 32.6. The quantitative estimate of drug-likeness (QED) is 0.220. The number of hydrogen-bond donors (Lipinski definition) is 2. The van der Waals surface area contributed by atoms with E-state index >= 15 is 0 Å². The average molecular weight is 773 g/mol. The number of nitrogens with one attached hydrogen (secondary N) is 1. The average Bonchev–Trinajstić information content (AvgIpc) is 3.55. The summed E-state index contributed by atoms with van der Waals surface area (Å²) in [7, 11) is 1.93. The third-order valence-electron chi connectivity index (χ3n) is 12.1. The molecule has 1 saturated carbocycles. The molecule has 3 aliphatic heterocycles. The number of aryl methyl sites for hydroxylation is 1. The van der Waals surface area contributed by atoms with Crippen molar-refractivity contribution < 1.29 is 24.3 Å². The molecular weight excluding hydrogens is 721 g/mol. The van der Waals surface area contributed by atoms with E-state index in [-0.39, 0.29) is 62.6 Å². The Kier molecular flexibility index (Phi) is 11.0. The zero-order valence-corrected chi connectivity index (χ0v) is 32.6. The van der Waals surface area contributed by atoms with Crippen LogP contribution in [0, 0.1) is 5.92 Å². The molecule has 1 aromatic heterocycles. The van der Waals surface area contributed by atoms with E-state index in [1.807, 2.05) is 71.2 Å². The maximum atomic E-state index is 14.7. The van der Waals surface area contributed by atoms with E-state index in [1.165, 1.54) is 19.3 Å². The van der Waals surface area contributed by atoms with Crippen LogP contribution in [0.1, 0.15) is 46.3 Å². The lowest BCUT2D eigenvalue weighted by Crippen LogP contribution is -2.76. The van der Waals surface area contributed by atoms with E-state index in [0.29, 0.717) is 18.7 Å². The van der Waals surface area contributed by atoms with Gasteiger partial charge >= 0.3 is 6.03 Å². The minimum absolute atomic E-state index is 0.0138. The molecule has 57 heavy (non-hydrogen) atoms. The molecule has 1 aliphatic carbocycles. The molecule has 13 nitrogen and oxygen atoms in total. The van der Waals surface area contributed by atoms with Crippen molar-refractivity contribution in [1.82, 2.24) is 39.5 Å². The number of nitrogens with zero attached hydrogens (tertiary/aromatic N) is 7. The van der Waals surface area contributed by atoms with Crippen molar-refractivity contribution in [1.29, 1.82) is 0 Å². The third kappa shape index (κ3) is 7.86. The number of benzene rings is 3. The molecule has 0 spiro atoms. The molecule has 0 radical (unpaired) electrons. The second kappa shape index (κ2) is 16.4. The Balaban J connectivity index is 1.09. The van der Waals surface area contributed by atoms with Crippen molar-refractivity contribution in [3.8, 4) is 5.75 Å². The summed E-state index contributed by atoms with van der Waals surface area (Å²) < 4.78 is 1.97. The Labute approximate surface area is 333 Å². The number of phenols is 1. The summed E-state index contributed by atoms with van der Waals surface area (Å²) in [6.07, 6.45) is 6.89. The number of fused-ring (bicyclic) bond motifs is 2. The number of hydrazine groups is 1. The monoisotopic (exact) mass is 772 g/mol. The fraction of sp³-hybridized carbons (Fsp3) is 0.409. The summed E-state index contributed by atoms with van der Waals surface area (Å²) in [5, 5.41) is 17.1. The predicted molar refractivity (Wildman–Crippen MR) is 217 cm³/mol. The summed E-state index contributed by atoms with van der Waals surface area (Å²) >= 11 is 0. The highest BCUT2D eigenvalue weighted by Crippen LogP contribution is 2.33. The van der Waals surface area contributed by atoms with Crippen molar-refractivity contribution >= 4 is 34.7 Å². The number of para-hydroxylation sites is 1. The number of hydrogen-bond acceptors (Lipinski definition) is 7. The molecule has 4 aromatic rings. The molecule has 2 atom stereocenters. The Morgan fingerprint density at radius 3 is 2.39 bits per heavy atom. The second-order valence-electron chi connectivity index (χ2n) is 15.9. The second-order valence-corrected chi connectivity index (χ2v) is 15.9. The lowest BCUT2D eigenvalue weighted by molar-refractivity contribution is -0.189. The molecule has 2 N–H and O–H groups in total. The fourth-order valence-electron chi connectivity index (χ4n) is 8.95. The lowest BCUT2D eigenvalue weighted by atomic mass is 9.85. The highest BCUT2D eigenvalue weighted by atomic mass is 16.3. The topological polar surface area (TPSA) is 125 Å². The SMILES string of the molecule is C=CCN1CC(=O)N2[C@@H](Cc3ccc(O)cc3)C(=O)N(Cc3cccc4c(C(=O)N5CCN(CC6CCC6)CC5)cn(C)c34)C[C@@H]2N1C(=O)NCc1ccccc1. The minimum Gasteiger partial charge on any atom is -0.508 e. The number of aromatic nitrogens is 1. The fourth-order valence-corrected chi connectivity index (χ4v) is 8.95. The predicted octanol–water partition coefficient (Wildman–Crippen LogP) is 4.18. The highest BCUT2D eigenvalue weighted by molar-refractivity contribution is 6.07. The van der Waals surface area contributed by atoms with Gasteiger partial charge < -0.3 is 29.7 Å². The van der Waals surface area contributed by atoms with Crippen molar-refractivity contribution in [2.24, 2.45) is 13.0 Å². The molecule has 5 amide bonds. The molecule has 8 rings (SSSR count). The van der Waals surface area contributed by atoms with Crippen LogP contribution in [-0.4, -0.2) is 128 Å². The third-order valence-corrected chi connectivity index (χ3v) is 12.1. The van der Waals surface area contributed by atoms with Crippen molar-refractivity contribution in [2.45, 2.75) is 51.0 Å². The maximum Gasteiger partial charge on any atom is 0.334 e. The van der Waals surface area contributed by atoms with Gasteiger partial charge in [-0.15, -0.1) is 6.58 Å². The van der Waals surface area contributed by atoms with Crippen LogP contribution in [0.3, 0.4) is 0 Å². The van der Waals surface area contributed by atoms with Crippen LogP contribution in [0.15, 0.2) is 91.6 Å². The minimum atomic E-state index is -0.913. The number of amides is 5. The summed E-state index contributed by atoms with van der Waals surface area (Å²) in [6, 6.07) is 20.8. The Morgan fingerprint density at radius 2 is 1.68 bits per heavy atom. The van der Waals surface area contributed by atoms with Crippen LogP contribution in [0.4, 0.5) is 4.79 Å². The number of rotatable bonds is 11. The summed E-state index contributed by atoms with van der Waals surface area (Å²) in [4.78, 5) is 64.8. The van der Waals surface area contributed by atoms with E-state index in [4.69, 9.17) is 0 Å². The van der Waals surface area contributed by atoms with Crippen LogP contribution >= 0.6 is 0 Å². The Hall–Kier alpha value is -5.66. The van der Waals surface area contributed by atoms with Crippen molar-refractivity contribution in [2.75, 3.05) is 52.4 Å². The molecule has 13 heteroatoms. The number of piperazine rings is 2. The van der Waals surface area contributed by atoms with E-state index in [9.17, 15) is 24.3 Å². The largest absolute Gasteiger partial charge is 0.508 e. The smallest absolute Gasteiger partial charge is 0.334 e. The first-order valence-electron chi connectivity index (χ1n) is 20.1. The van der Waals surface area contributed by atoms with Gasteiger partial charge in [0.2, 0.25) is 11.8 Å². The zero-order chi connectivity index (χ0) is 39.6. The number of phenolic OH excluding ortho intramolecular Hbond substituents is 1. The van der Waals surface area contributed by atoms with Gasteiger partial charge in [-0.3, -0.25) is 19.3 Å². The van der Waals surface area contributed by atoms with Gasteiger partial charge in [0.25, 0.3) is 5.91 Å². The number of carbonyl (C=O) groups is 4. The van der Waals surface area contributed by atoms with E-state index < -0.39 is 18.2 Å². The van der Waals surface area contributed by atoms with Crippen LogP contribution in [0.5, 0.6) is 5.75 Å². The van der Waals surface area contributed by atoms with Crippen LogP contribution in [0.25, 0.3) is 10.9 Å². The lowest BCUT2D eigenvalue weighted by Gasteiger charge is -2.55. The van der Waals surface area contributed by atoms with Gasteiger partial charge in [0.05, 0.1) is 24.2 Å². The number of urea groups is 1. The van der Waals surface area contributed by atoms with Gasteiger partial charge in [0.1, 0.15) is 18.0 Å². The normalized spacial score (nSPS) is 20.8. The summed E-state index contributed by atoms with van der Waals surface area (Å²) in [5.74, 6) is 0.411. The molecule has 0 bridgehead atoms. The summed E-state index contributed by atoms with van der Waals surface area (Å²) in [6.45, 7) is 8.87. The maximum absolute atomic E-state index is 14.7. The molecule has 4 aliphatic rings.